The smallest absolute Gasteiger partial charge is 0.0714 e. The zero-order chi connectivity index (χ0) is 32.4. The van der Waals surface area contributed by atoms with Crippen molar-refractivity contribution in [3.8, 4) is 33.4 Å². The topological polar surface area (TPSA) is 12.0 Å². The molecule has 0 amide bonds. The molecular weight excluding hydrogens is 591 g/mol. The van der Waals surface area contributed by atoms with E-state index in [9.17, 15) is 0 Å². The van der Waals surface area contributed by atoms with Crippen LogP contribution in [0.3, 0.4) is 0 Å². The summed E-state index contributed by atoms with van der Waals surface area (Å²) in [7, 11) is 0. The minimum Gasteiger partial charge on any atom is -0.355 e. The fourth-order valence-electron chi connectivity index (χ4n) is 9.66. The van der Waals surface area contributed by atoms with Gasteiger partial charge in [-0.25, -0.2) is 0 Å². The first kappa shape index (κ1) is 28.4. The summed E-state index contributed by atoms with van der Waals surface area (Å²) in [5, 5.41) is 3.91. The van der Waals surface area contributed by atoms with E-state index in [2.05, 4.69) is 175 Å². The number of rotatable bonds is 5. The molecular formula is C48H37N. The Balaban J connectivity index is 1.10. The van der Waals surface area contributed by atoms with E-state index < -0.39 is 5.41 Å². The highest BCUT2D eigenvalue weighted by atomic mass is 14.9. The molecule has 7 aromatic rings. The second-order valence-electron chi connectivity index (χ2n) is 14.1. The van der Waals surface area contributed by atoms with E-state index in [4.69, 9.17) is 0 Å². The van der Waals surface area contributed by atoms with Crippen molar-refractivity contribution >= 4 is 11.4 Å². The molecule has 0 atom stereocenters. The van der Waals surface area contributed by atoms with E-state index in [0.717, 1.165) is 11.4 Å². The van der Waals surface area contributed by atoms with Crippen molar-refractivity contribution in [1.29, 1.82) is 0 Å². The summed E-state index contributed by atoms with van der Waals surface area (Å²) in [5.74, 6) is 0. The third kappa shape index (κ3) is 4.06. The lowest BCUT2D eigenvalue weighted by molar-refractivity contribution is 0.550. The standard InChI is InChI=1S/C48H37N/c1-3-15-34(16-4-1)48(35-17-5-2-6-18-35)43-23-11-8-21-39(43)41-28-26-36(32-45(41)48)49-46-24-12-9-19-37(46)33-25-27-40-38-20-7-10-22-42(38)47(44(40)31-33)29-13-14-30-47/h1-12,15-28,31-32,49H,13-14,29-30H2. The number of fused-ring (bicyclic) bond motifs is 8. The Bertz CT molecular complexity index is 2320. The zero-order valence-electron chi connectivity index (χ0n) is 27.5. The predicted molar refractivity (Wildman–Crippen MR) is 204 cm³/mol. The van der Waals surface area contributed by atoms with Crippen molar-refractivity contribution in [1.82, 2.24) is 0 Å². The molecule has 1 saturated carbocycles. The Labute approximate surface area is 288 Å². The Morgan fingerprint density at radius 1 is 0.388 bits per heavy atom. The zero-order valence-corrected chi connectivity index (χ0v) is 27.5. The Morgan fingerprint density at radius 2 is 0.918 bits per heavy atom. The summed E-state index contributed by atoms with van der Waals surface area (Å²) < 4.78 is 0. The van der Waals surface area contributed by atoms with Gasteiger partial charge in [0.1, 0.15) is 0 Å². The average molecular weight is 628 g/mol. The van der Waals surface area contributed by atoms with E-state index in [-0.39, 0.29) is 5.41 Å². The normalized spacial score (nSPS) is 15.8. The molecule has 0 radical (unpaired) electrons. The van der Waals surface area contributed by atoms with Crippen LogP contribution in [-0.2, 0) is 10.8 Å². The van der Waals surface area contributed by atoms with Crippen molar-refractivity contribution in [3.63, 3.8) is 0 Å². The van der Waals surface area contributed by atoms with Gasteiger partial charge in [-0.2, -0.15) is 0 Å². The van der Waals surface area contributed by atoms with Crippen molar-refractivity contribution in [2.75, 3.05) is 5.32 Å². The van der Waals surface area contributed by atoms with Gasteiger partial charge in [0, 0.05) is 22.4 Å². The van der Waals surface area contributed by atoms with Crippen LogP contribution < -0.4 is 5.32 Å². The number of benzene rings is 7. The number of nitrogens with one attached hydrogen (secondary N) is 1. The molecule has 3 aliphatic rings. The maximum Gasteiger partial charge on any atom is 0.0714 e. The Hall–Kier alpha value is -5.66. The predicted octanol–water partition coefficient (Wildman–Crippen LogP) is 12.3. The molecule has 0 unspecified atom stereocenters. The third-order valence-electron chi connectivity index (χ3n) is 11.7. The van der Waals surface area contributed by atoms with Crippen molar-refractivity contribution in [2.24, 2.45) is 0 Å². The van der Waals surface area contributed by atoms with Crippen LogP contribution in [0, 0.1) is 0 Å². The number of para-hydroxylation sites is 1. The van der Waals surface area contributed by atoms with Gasteiger partial charge in [0.15, 0.2) is 0 Å². The van der Waals surface area contributed by atoms with Crippen molar-refractivity contribution in [3.05, 3.63) is 203 Å². The van der Waals surface area contributed by atoms with Gasteiger partial charge >= 0.3 is 0 Å². The van der Waals surface area contributed by atoms with Gasteiger partial charge in [-0.3, -0.25) is 0 Å². The van der Waals surface area contributed by atoms with Crippen LogP contribution in [0.1, 0.15) is 59.1 Å². The summed E-state index contributed by atoms with van der Waals surface area (Å²) in [6.07, 6.45) is 5.07. The van der Waals surface area contributed by atoms with E-state index >= 15 is 0 Å². The highest BCUT2D eigenvalue weighted by molar-refractivity contribution is 5.90. The first-order chi connectivity index (χ1) is 24.3. The summed E-state index contributed by atoms with van der Waals surface area (Å²) in [6, 6.07) is 63.2. The summed E-state index contributed by atoms with van der Waals surface area (Å²) in [5.41, 5.74) is 18.2. The van der Waals surface area contributed by atoms with E-state index in [1.54, 1.807) is 0 Å². The number of anilines is 2. The van der Waals surface area contributed by atoms with Crippen LogP contribution in [0.4, 0.5) is 11.4 Å². The first-order valence-corrected chi connectivity index (χ1v) is 17.7. The molecule has 0 heterocycles. The molecule has 0 aromatic heterocycles. The van der Waals surface area contributed by atoms with E-state index in [1.807, 2.05) is 0 Å². The SMILES string of the molecule is c1ccc(C2(c3ccccc3)c3ccccc3-c3ccc(Nc4ccccc4-c4ccc5c(c4)C4(CCCC4)c4ccccc4-5)cc32)cc1. The second-order valence-corrected chi connectivity index (χ2v) is 14.1. The number of hydrogen-bond donors (Lipinski definition) is 1. The molecule has 1 nitrogen and oxygen atoms in total. The highest BCUT2D eigenvalue weighted by Gasteiger charge is 2.47. The lowest BCUT2D eigenvalue weighted by Gasteiger charge is -2.34. The molecule has 1 heteroatoms. The van der Waals surface area contributed by atoms with Crippen LogP contribution in [0.25, 0.3) is 33.4 Å². The Morgan fingerprint density at radius 3 is 1.63 bits per heavy atom. The highest BCUT2D eigenvalue weighted by Crippen LogP contribution is 2.58. The van der Waals surface area contributed by atoms with Gasteiger partial charge in [0.05, 0.1) is 5.41 Å². The largest absolute Gasteiger partial charge is 0.355 e. The van der Waals surface area contributed by atoms with Gasteiger partial charge in [0.25, 0.3) is 0 Å². The molecule has 1 spiro atoms. The van der Waals surface area contributed by atoms with Crippen LogP contribution >= 0.6 is 0 Å². The van der Waals surface area contributed by atoms with E-state index in [1.165, 1.54) is 92.4 Å². The monoisotopic (exact) mass is 627 g/mol. The van der Waals surface area contributed by atoms with Gasteiger partial charge in [-0.05, 0) is 98.3 Å². The average Bonchev–Trinajstić information content (AvgIpc) is 3.85. The lowest BCUT2D eigenvalue weighted by Crippen LogP contribution is -2.28. The molecule has 234 valence electrons. The summed E-state index contributed by atoms with van der Waals surface area (Å²) in [6.45, 7) is 0. The molecule has 0 aliphatic heterocycles. The molecule has 0 saturated heterocycles. The fourth-order valence-corrected chi connectivity index (χ4v) is 9.66. The minimum atomic E-state index is -0.420. The first-order valence-electron chi connectivity index (χ1n) is 17.7. The minimum absolute atomic E-state index is 0.150. The fraction of sp³-hybridized carbons (Fsp3) is 0.125. The third-order valence-corrected chi connectivity index (χ3v) is 11.7. The van der Waals surface area contributed by atoms with Crippen LogP contribution in [0.5, 0.6) is 0 Å². The van der Waals surface area contributed by atoms with Gasteiger partial charge in [-0.15, -0.1) is 0 Å². The van der Waals surface area contributed by atoms with Crippen molar-refractivity contribution < 1.29 is 0 Å². The van der Waals surface area contributed by atoms with Gasteiger partial charge in [-0.1, -0.05) is 158 Å². The van der Waals surface area contributed by atoms with Gasteiger partial charge in [0.2, 0.25) is 0 Å². The molecule has 1 N–H and O–H groups in total. The Kier molecular flexibility index (Phi) is 6.33. The summed E-state index contributed by atoms with van der Waals surface area (Å²) in [4.78, 5) is 0. The molecule has 0 bridgehead atoms. The molecule has 49 heavy (non-hydrogen) atoms. The quantitative estimate of drug-likeness (QED) is 0.200. The number of hydrogen-bond acceptors (Lipinski definition) is 1. The van der Waals surface area contributed by atoms with Crippen LogP contribution in [-0.4, -0.2) is 0 Å². The van der Waals surface area contributed by atoms with Crippen LogP contribution in [0.2, 0.25) is 0 Å². The molecule has 10 rings (SSSR count). The maximum absolute atomic E-state index is 3.91. The second kappa shape index (κ2) is 10.9. The van der Waals surface area contributed by atoms with Crippen molar-refractivity contribution in [2.45, 2.75) is 36.5 Å². The van der Waals surface area contributed by atoms with Crippen LogP contribution in [0.15, 0.2) is 170 Å². The maximum atomic E-state index is 3.91. The molecule has 1 fully saturated rings. The lowest BCUT2D eigenvalue weighted by atomic mass is 9.67. The molecule has 7 aromatic carbocycles. The van der Waals surface area contributed by atoms with E-state index in [0.29, 0.717) is 0 Å². The van der Waals surface area contributed by atoms with Gasteiger partial charge < -0.3 is 5.32 Å². The summed E-state index contributed by atoms with van der Waals surface area (Å²) >= 11 is 0. The molecule has 3 aliphatic carbocycles.